The molecule has 3 aromatic rings. The van der Waals surface area contributed by atoms with Crippen molar-refractivity contribution in [1.82, 2.24) is 10.2 Å². The standard InChI is InChI=1S/C28H32N2O6S2/c1-30(15-14-29-26(32)19-35-22-10-6-20(18-31)7-11-22)21-8-12-23(13-9-21)36-28(27(33)34,24-4-2-16-37-24)25-5-3-17-38-25/h2-7,10-11,16-18,21,23H,8-9,12-15,19H2,1H3,(H,29,32)(H,33,34). The zero-order chi connectivity index (χ0) is 27.0. The van der Waals surface area contributed by atoms with Gasteiger partial charge in [0.05, 0.1) is 15.9 Å². The topological polar surface area (TPSA) is 105 Å². The van der Waals surface area contributed by atoms with Crippen molar-refractivity contribution < 1.29 is 29.0 Å². The van der Waals surface area contributed by atoms with Gasteiger partial charge in [0.15, 0.2) is 6.61 Å². The number of likely N-dealkylation sites (N-methyl/N-ethyl adjacent to an activating group) is 1. The Morgan fingerprint density at radius 1 is 1.05 bits per heavy atom. The third-order valence-electron chi connectivity index (χ3n) is 6.82. The number of hydrogen-bond donors (Lipinski definition) is 2. The molecule has 0 atom stereocenters. The molecule has 0 unspecified atom stereocenters. The fourth-order valence-corrected chi connectivity index (χ4v) is 6.52. The van der Waals surface area contributed by atoms with Gasteiger partial charge in [-0.25, -0.2) is 4.79 Å². The predicted octanol–water partition coefficient (Wildman–Crippen LogP) is 4.41. The Morgan fingerprint density at radius 2 is 1.68 bits per heavy atom. The van der Waals surface area contributed by atoms with Crippen LogP contribution >= 0.6 is 22.7 Å². The number of hydrogen-bond acceptors (Lipinski definition) is 8. The van der Waals surface area contributed by atoms with Gasteiger partial charge in [-0.3, -0.25) is 9.59 Å². The minimum absolute atomic E-state index is 0.0909. The summed E-state index contributed by atoms with van der Waals surface area (Å²) in [5.74, 6) is -0.659. The highest BCUT2D eigenvalue weighted by Crippen LogP contribution is 2.42. The van der Waals surface area contributed by atoms with Crippen LogP contribution < -0.4 is 10.1 Å². The molecule has 0 radical (unpaired) electrons. The lowest BCUT2D eigenvalue weighted by molar-refractivity contribution is -0.170. The number of carbonyl (C=O) groups is 3. The SMILES string of the molecule is CN(CCNC(=O)COc1ccc(C=O)cc1)C1CCC(OC(C(=O)O)(c2cccs2)c2cccs2)CC1. The molecule has 1 fully saturated rings. The van der Waals surface area contributed by atoms with Gasteiger partial charge in [-0.2, -0.15) is 0 Å². The Kier molecular flexibility index (Phi) is 9.68. The van der Waals surface area contributed by atoms with E-state index in [1.165, 1.54) is 22.7 Å². The van der Waals surface area contributed by atoms with Gasteiger partial charge in [0.25, 0.3) is 5.91 Å². The van der Waals surface area contributed by atoms with E-state index in [0.29, 0.717) is 40.2 Å². The fraction of sp³-hybridized carbons (Fsp3) is 0.393. The van der Waals surface area contributed by atoms with Crippen LogP contribution in [0.2, 0.25) is 0 Å². The van der Waals surface area contributed by atoms with Crippen molar-refractivity contribution in [1.29, 1.82) is 0 Å². The molecule has 2 aromatic heterocycles. The Bertz CT molecular complexity index is 1140. The van der Waals surface area contributed by atoms with Crippen LogP contribution in [0, 0.1) is 0 Å². The summed E-state index contributed by atoms with van der Waals surface area (Å²) in [6.45, 7) is 1.10. The first-order chi connectivity index (χ1) is 18.4. The molecule has 4 rings (SSSR count). The van der Waals surface area contributed by atoms with Gasteiger partial charge in [0.2, 0.25) is 5.60 Å². The van der Waals surface area contributed by atoms with E-state index < -0.39 is 11.6 Å². The van der Waals surface area contributed by atoms with E-state index in [0.717, 1.165) is 32.0 Å². The molecule has 1 aromatic carbocycles. The van der Waals surface area contributed by atoms with Gasteiger partial charge in [-0.15, -0.1) is 22.7 Å². The number of carboxylic acids is 1. The van der Waals surface area contributed by atoms with E-state index in [1.54, 1.807) is 24.3 Å². The minimum atomic E-state index is -1.48. The minimum Gasteiger partial charge on any atom is -0.484 e. The molecule has 2 heterocycles. The van der Waals surface area contributed by atoms with Gasteiger partial charge in [0.1, 0.15) is 12.0 Å². The Hall–Kier alpha value is -3.05. The first-order valence-corrected chi connectivity index (χ1v) is 14.3. The van der Waals surface area contributed by atoms with Crippen LogP contribution in [0.5, 0.6) is 5.75 Å². The summed E-state index contributed by atoms with van der Waals surface area (Å²) < 4.78 is 11.9. The normalized spacial score (nSPS) is 17.7. The summed E-state index contributed by atoms with van der Waals surface area (Å²) in [4.78, 5) is 39.1. The molecule has 8 nitrogen and oxygen atoms in total. The molecule has 0 spiro atoms. The lowest BCUT2D eigenvalue weighted by Crippen LogP contribution is -2.45. The van der Waals surface area contributed by atoms with Crippen LogP contribution in [0.25, 0.3) is 0 Å². The van der Waals surface area contributed by atoms with E-state index in [1.807, 2.05) is 42.1 Å². The van der Waals surface area contributed by atoms with Gasteiger partial charge in [-0.05, 0) is 79.9 Å². The molecule has 1 aliphatic rings. The summed E-state index contributed by atoms with van der Waals surface area (Å²) in [7, 11) is 2.04. The van der Waals surface area contributed by atoms with Crippen LogP contribution in [0.1, 0.15) is 45.8 Å². The Morgan fingerprint density at radius 3 is 2.21 bits per heavy atom. The van der Waals surface area contributed by atoms with Crippen LogP contribution in [0.4, 0.5) is 0 Å². The highest BCUT2D eigenvalue weighted by molar-refractivity contribution is 7.12. The maximum Gasteiger partial charge on any atom is 0.347 e. The van der Waals surface area contributed by atoms with Crippen molar-refractivity contribution in [2.75, 3.05) is 26.7 Å². The number of thiophene rings is 2. The maximum absolute atomic E-state index is 12.6. The number of nitrogens with zero attached hydrogens (tertiary/aromatic N) is 1. The van der Waals surface area contributed by atoms with Crippen molar-refractivity contribution in [3.63, 3.8) is 0 Å². The number of aliphatic carboxylic acids is 1. The number of rotatable bonds is 13. The number of carbonyl (C=O) groups excluding carboxylic acids is 2. The third-order valence-corrected chi connectivity index (χ3v) is 8.76. The number of aldehydes is 1. The van der Waals surface area contributed by atoms with E-state index in [2.05, 4.69) is 10.2 Å². The Balaban J connectivity index is 1.23. The lowest BCUT2D eigenvalue weighted by Gasteiger charge is -2.38. The van der Waals surface area contributed by atoms with Crippen molar-refractivity contribution in [3.05, 3.63) is 74.6 Å². The zero-order valence-corrected chi connectivity index (χ0v) is 22.8. The van der Waals surface area contributed by atoms with Crippen molar-refractivity contribution in [3.8, 4) is 5.75 Å². The second-order valence-corrected chi connectivity index (χ2v) is 11.2. The predicted molar refractivity (Wildman–Crippen MR) is 147 cm³/mol. The summed E-state index contributed by atoms with van der Waals surface area (Å²) in [6, 6.07) is 14.3. The van der Waals surface area contributed by atoms with Crippen LogP contribution in [0.3, 0.4) is 0 Å². The molecule has 0 bridgehead atoms. The highest BCUT2D eigenvalue weighted by Gasteiger charge is 2.48. The molecule has 38 heavy (non-hydrogen) atoms. The smallest absolute Gasteiger partial charge is 0.347 e. The molecule has 0 saturated heterocycles. The molecular weight excluding hydrogens is 524 g/mol. The molecule has 202 valence electrons. The largest absolute Gasteiger partial charge is 0.484 e. The maximum atomic E-state index is 12.6. The average molecular weight is 557 g/mol. The van der Waals surface area contributed by atoms with Crippen LogP contribution in [-0.4, -0.2) is 67.1 Å². The van der Waals surface area contributed by atoms with Gasteiger partial charge >= 0.3 is 5.97 Å². The summed E-state index contributed by atoms with van der Waals surface area (Å²) in [5.41, 5.74) is -0.925. The van der Waals surface area contributed by atoms with Crippen molar-refractivity contribution in [2.45, 2.75) is 43.4 Å². The number of amides is 1. The van der Waals surface area contributed by atoms with Crippen molar-refractivity contribution in [2.24, 2.45) is 0 Å². The van der Waals surface area contributed by atoms with Crippen LogP contribution in [0.15, 0.2) is 59.3 Å². The van der Waals surface area contributed by atoms with E-state index >= 15 is 0 Å². The van der Waals surface area contributed by atoms with Crippen molar-refractivity contribution >= 4 is 40.8 Å². The molecule has 10 heteroatoms. The first-order valence-electron chi connectivity index (χ1n) is 12.6. The molecule has 0 aliphatic heterocycles. The van der Waals surface area contributed by atoms with E-state index in [9.17, 15) is 19.5 Å². The van der Waals surface area contributed by atoms with E-state index in [4.69, 9.17) is 9.47 Å². The van der Waals surface area contributed by atoms with E-state index in [-0.39, 0.29) is 18.6 Å². The molecule has 2 N–H and O–H groups in total. The lowest BCUT2D eigenvalue weighted by atomic mass is 9.90. The molecular formula is C28H32N2O6S2. The summed E-state index contributed by atoms with van der Waals surface area (Å²) in [6.07, 6.45) is 3.91. The zero-order valence-electron chi connectivity index (χ0n) is 21.2. The number of carboxylic acid groups (broad SMARTS) is 1. The average Bonchev–Trinajstić information content (AvgIpc) is 3.67. The van der Waals surface area contributed by atoms with Gasteiger partial charge in [0, 0.05) is 24.7 Å². The fourth-order valence-electron chi connectivity index (χ4n) is 4.71. The monoisotopic (exact) mass is 556 g/mol. The quantitative estimate of drug-likeness (QED) is 0.301. The number of ether oxygens (including phenoxy) is 2. The number of benzene rings is 1. The van der Waals surface area contributed by atoms with Gasteiger partial charge < -0.3 is 24.8 Å². The third kappa shape index (κ3) is 6.68. The van der Waals surface area contributed by atoms with Crippen LogP contribution in [-0.2, 0) is 19.9 Å². The first kappa shape index (κ1) is 28.0. The Labute approximate surface area is 230 Å². The second-order valence-electron chi connectivity index (χ2n) is 9.30. The molecule has 1 amide bonds. The summed E-state index contributed by atoms with van der Waals surface area (Å²) in [5, 5.41) is 17.0. The number of nitrogens with one attached hydrogen (secondary N) is 1. The highest BCUT2D eigenvalue weighted by atomic mass is 32.1. The van der Waals surface area contributed by atoms with Gasteiger partial charge in [-0.1, -0.05) is 12.1 Å². The molecule has 1 saturated carbocycles. The second kappa shape index (κ2) is 13.1. The molecule has 1 aliphatic carbocycles. The summed E-state index contributed by atoms with van der Waals surface area (Å²) >= 11 is 2.80.